The van der Waals surface area contributed by atoms with E-state index in [0.717, 1.165) is 45.0 Å². The van der Waals surface area contributed by atoms with Crippen LogP contribution in [-0.2, 0) is 37.0 Å². The summed E-state index contributed by atoms with van der Waals surface area (Å²) in [5, 5.41) is 21.4. The van der Waals surface area contributed by atoms with Crippen LogP contribution >= 0.6 is 0 Å². The number of ether oxygens (including phenoxy) is 2. The van der Waals surface area contributed by atoms with E-state index in [4.69, 9.17) is 39.2 Å². The van der Waals surface area contributed by atoms with E-state index in [2.05, 4.69) is 20.9 Å². The number of halogens is 9. The summed E-state index contributed by atoms with van der Waals surface area (Å²) >= 11 is 0. The molecule has 0 unspecified atom stereocenters. The van der Waals surface area contributed by atoms with Crippen molar-refractivity contribution in [3.63, 3.8) is 0 Å². The van der Waals surface area contributed by atoms with Gasteiger partial charge in [-0.15, -0.1) is 0 Å². The van der Waals surface area contributed by atoms with E-state index in [-0.39, 0.29) is 0 Å². The molecule has 11 nitrogen and oxygen atoms in total. The summed E-state index contributed by atoms with van der Waals surface area (Å²) < 4.78 is 107. The first-order valence-electron chi connectivity index (χ1n) is 12.8. The Labute approximate surface area is 254 Å². The van der Waals surface area contributed by atoms with Crippen LogP contribution in [0, 0.1) is 11.8 Å². The molecule has 2 aliphatic rings. The van der Waals surface area contributed by atoms with Crippen molar-refractivity contribution in [1.29, 1.82) is 0 Å². The molecule has 4 rings (SSSR count). The van der Waals surface area contributed by atoms with Gasteiger partial charge in [-0.3, -0.25) is 14.9 Å². The smallest absolute Gasteiger partial charge is 0.475 e. The number of hydrogen-bond acceptors (Lipinski definition) is 8. The van der Waals surface area contributed by atoms with Crippen LogP contribution in [0.25, 0.3) is 0 Å². The summed E-state index contributed by atoms with van der Waals surface area (Å²) in [5.41, 5.74) is 2.27. The first kappa shape index (κ1) is 40.0. The SMILES string of the molecule is O=C(O)C(F)(F)F.O=C(O)C(F)(F)F.O=C(O)C(F)(F)F.c1ccc(COCC[C@H]2CO[C@H]3CN(Cc4cccnc4)C[C@@H]23)nc1. The van der Waals surface area contributed by atoms with Crippen molar-refractivity contribution in [3.05, 3.63) is 60.2 Å². The first-order chi connectivity index (χ1) is 21.2. The Morgan fingerprint density at radius 1 is 0.848 bits per heavy atom. The van der Waals surface area contributed by atoms with Gasteiger partial charge in [0.15, 0.2) is 0 Å². The third-order valence-electron chi connectivity index (χ3n) is 5.98. The topological polar surface area (TPSA) is 159 Å². The molecular formula is C26H28F9N3O8. The lowest BCUT2D eigenvalue weighted by molar-refractivity contribution is -0.193. The number of aromatic nitrogens is 2. The summed E-state index contributed by atoms with van der Waals surface area (Å²) in [6, 6.07) is 10.1. The molecule has 2 aromatic heterocycles. The molecule has 0 aliphatic carbocycles. The fourth-order valence-electron chi connectivity index (χ4n) is 3.95. The van der Waals surface area contributed by atoms with Crippen LogP contribution in [0.15, 0.2) is 48.9 Å². The molecule has 4 heterocycles. The molecule has 0 saturated carbocycles. The van der Waals surface area contributed by atoms with Gasteiger partial charge in [0, 0.05) is 50.7 Å². The maximum absolute atomic E-state index is 10.6. The average Bonchev–Trinajstić information content (AvgIpc) is 3.52. The predicted octanol–water partition coefficient (Wildman–Crippen LogP) is 4.43. The van der Waals surface area contributed by atoms with Crippen molar-refractivity contribution in [2.75, 3.05) is 26.3 Å². The fraction of sp³-hybridized carbons (Fsp3) is 0.500. The van der Waals surface area contributed by atoms with Crippen LogP contribution in [0.3, 0.4) is 0 Å². The van der Waals surface area contributed by atoms with E-state index in [9.17, 15) is 39.5 Å². The Morgan fingerprint density at radius 3 is 1.87 bits per heavy atom. The van der Waals surface area contributed by atoms with Gasteiger partial charge in [0.2, 0.25) is 0 Å². The number of likely N-dealkylation sites (tertiary alicyclic amines) is 1. The molecule has 0 spiro atoms. The van der Waals surface area contributed by atoms with Crippen LogP contribution < -0.4 is 0 Å². The molecule has 20 heteroatoms. The van der Waals surface area contributed by atoms with Gasteiger partial charge in [-0.05, 0) is 36.1 Å². The lowest BCUT2D eigenvalue weighted by Gasteiger charge is -2.19. The third kappa shape index (κ3) is 15.8. The average molecular weight is 682 g/mol. The maximum Gasteiger partial charge on any atom is 0.490 e. The second kappa shape index (κ2) is 18.2. The standard InChI is InChI=1S/C20H25N3O2.3C2HF3O2/c1-2-8-22-18(5-1)15-24-9-6-17-14-25-20-13-23(12-19(17)20)11-16-4-3-7-21-10-16;3*3-2(4,5)1(6)7/h1-5,7-8,10,17,19-20H,6,9,11-15H2;3*(H,6,7)/t17-,19-,20-;;;/m0.../s1. The minimum absolute atomic E-state index is 0.387. The van der Waals surface area contributed by atoms with Gasteiger partial charge in [-0.2, -0.15) is 39.5 Å². The van der Waals surface area contributed by atoms with Crippen LogP contribution in [0.4, 0.5) is 39.5 Å². The number of hydrogen-bond donors (Lipinski definition) is 3. The van der Waals surface area contributed by atoms with Gasteiger partial charge < -0.3 is 24.8 Å². The molecule has 2 aromatic rings. The van der Waals surface area contributed by atoms with Crippen LogP contribution in [0.5, 0.6) is 0 Å². The van der Waals surface area contributed by atoms with Crippen LogP contribution in [0.2, 0.25) is 0 Å². The summed E-state index contributed by atoms with van der Waals surface area (Å²) in [6.07, 6.45) is -8.21. The van der Waals surface area contributed by atoms with Crippen molar-refractivity contribution < 1.29 is 78.7 Å². The van der Waals surface area contributed by atoms with Gasteiger partial charge >= 0.3 is 36.4 Å². The summed E-state index contributed by atoms with van der Waals surface area (Å²) in [5.74, 6) is -7.03. The van der Waals surface area contributed by atoms with Crippen LogP contribution in [0.1, 0.15) is 17.7 Å². The van der Waals surface area contributed by atoms with Gasteiger partial charge in [-0.25, -0.2) is 14.4 Å². The number of nitrogens with zero attached hydrogens (tertiary/aromatic N) is 3. The molecule has 2 saturated heterocycles. The van der Waals surface area contributed by atoms with Gasteiger partial charge in [0.1, 0.15) is 0 Å². The zero-order valence-electron chi connectivity index (χ0n) is 23.4. The quantitative estimate of drug-likeness (QED) is 0.280. The molecule has 258 valence electrons. The van der Waals surface area contributed by atoms with Crippen molar-refractivity contribution in [2.45, 2.75) is 44.2 Å². The molecule has 0 bridgehead atoms. The van der Waals surface area contributed by atoms with E-state index in [1.165, 1.54) is 5.56 Å². The Morgan fingerprint density at radius 2 is 1.41 bits per heavy atom. The van der Waals surface area contributed by atoms with E-state index < -0.39 is 36.4 Å². The number of carboxylic acid groups (broad SMARTS) is 3. The highest BCUT2D eigenvalue weighted by molar-refractivity contribution is 5.73. The van der Waals surface area contributed by atoms with E-state index in [1.807, 2.05) is 42.9 Å². The van der Waals surface area contributed by atoms with Crippen LogP contribution in [-0.4, -0.2) is 99.0 Å². The van der Waals surface area contributed by atoms with E-state index in [1.54, 1.807) is 0 Å². The molecule has 2 aliphatic heterocycles. The second-order valence-electron chi connectivity index (χ2n) is 9.42. The largest absolute Gasteiger partial charge is 0.490 e. The minimum Gasteiger partial charge on any atom is -0.475 e. The Hall–Kier alpha value is -4.04. The normalized spacial score (nSPS) is 19.3. The van der Waals surface area contributed by atoms with Crippen molar-refractivity contribution in [1.82, 2.24) is 14.9 Å². The second-order valence-corrected chi connectivity index (χ2v) is 9.42. The van der Waals surface area contributed by atoms with Gasteiger partial charge in [-0.1, -0.05) is 12.1 Å². The lowest BCUT2D eigenvalue weighted by atomic mass is 9.91. The molecule has 0 amide bonds. The zero-order valence-corrected chi connectivity index (χ0v) is 23.4. The lowest BCUT2D eigenvalue weighted by Crippen LogP contribution is -2.24. The summed E-state index contributed by atoms with van der Waals surface area (Å²) in [4.78, 5) is 37.7. The molecular weight excluding hydrogens is 653 g/mol. The Kier molecular flexibility index (Phi) is 15.8. The summed E-state index contributed by atoms with van der Waals surface area (Å²) in [6.45, 7) is 5.36. The minimum atomic E-state index is -5.08. The highest BCUT2D eigenvalue weighted by Gasteiger charge is 2.43. The molecule has 2 fully saturated rings. The number of alkyl halides is 9. The van der Waals surface area contributed by atoms with Crippen molar-refractivity contribution >= 4 is 17.9 Å². The molecule has 3 N–H and O–H groups in total. The fourth-order valence-corrected chi connectivity index (χ4v) is 3.95. The number of carbonyl (C=O) groups is 3. The predicted molar refractivity (Wildman–Crippen MR) is 136 cm³/mol. The number of rotatable bonds is 7. The third-order valence-corrected chi connectivity index (χ3v) is 5.98. The molecule has 0 aromatic carbocycles. The number of pyridine rings is 2. The molecule has 46 heavy (non-hydrogen) atoms. The van der Waals surface area contributed by atoms with E-state index in [0.29, 0.717) is 24.5 Å². The molecule has 0 radical (unpaired) electrons. The van der Waals surface area contributed by atoms with Crippen molar-refractivity contribution in [3.8, 4) is 0 Å². The zero-order chi connectivity index (χ0) is 35.1. The van der Waals surface area contributed by atoms with E-state index >= 15 is 0 Å². The number of fused-ring (bicyclic) bond motifs is 1. The first-order valence-corrected chi connectivity index (χ1v) is 12.8. The highest BCUT2D eigenvalue weighted by Crippen LogP contribution is 2.36. The molecule has 3 atom stereocenters. The number of carboxylic acids is 3. The highest BCUT2D eigenvalue weighted by atomic mass is 19.4. The Bertz CT molecular complexity index is 1160. The van der Waals surface area contributed by atoms with Gasteiger partial charge in [0.05, 0.1) is 25.0 Å². The number of aliphatic carboxylic acids is 3. The Balaban J connectivity index is 0.000000413. The van der Waals surface area contributed by atoms with Crippen molar-refractivity contribution in [2.24, 2.45) is 11.8 Å². The monoisotopic (exact) mass is 681 g/mol. The van der Waals surface area contributed by atoms with Gasteiger partial charge in [0.25, 0.3) is 0 Å². The summed E-state index contributed by atoms with van der Waals surface area (Å²) in [7, 11) is 0. The maximum atomic E-state index is 10.6.